The molecule has 0 spiro atoms. The summed E-state index contributed by atoms with van der Waals surface area (Å²) in [5.74, 6) is 3.34. The van der Waals surface area contributed by atoms with Crippen LogP contribution in [-0.2, 0) is 91.5 Å². The fraction of sp³-hybridized carbons (Fsp3) is 0.833. The Morgan fingerprint density at radius 3 is 1.90 bits per heavy atom. The third kappa shape index (κ3) is 11.3. The van der Waals surface area contributed by atoms with Gasteiger partial charge in [0, 0.05) is 53.6 Å². The quantitative estimate of drug-likeness (QED) is 0.240. The van der Waals surface area contributed by atoms with Gasteiger partial charge >= 0.3 is 0 Å². The van der Waals surface area contributed by atoms with Crippen molar-refractivity contribution in [2.75, 3.05) is 26.4 Å². The topological polar surface area (TPSA) is 155 Å². The summed E-state index contributed by atoms with van der Waals surface area (Å²) < 4.78 is 44.5. The van der Waals surface area contributed by atoms with Crippen LogP contribution in [0.1, 0.15) is 27.7 Å². The number of ether oxygens (including phenoxy) is 8. The summed E-state index contributed by atoms with van der Waals surface area (Å²) in [6.07, 6.45) is 2.37. The third-order valence-electron chi connectivity index (χ3n) is 5.98. The Labute approximate surface area is 262 Å². The Bertz CT molecular complexity index is 922. The van der Waals surface area contributed by atoms with Crippen LogP contribution in [-0.4, -0.2) is 120 Å². The summed E-state index contributed by atoms with van der Waals surface area (Å²) in [6.45, 7) is 7.47. The Kier molecular flexibility index (Phi) is 17.5. The van der Waals surface area contributed by atoms with Crippen molar-refractivity contribution in [3.05, 3.63) is 0 Å². The van der Waals surface area contributed by atoms with E-state index in [0.29, 0.717) is 6.61 Å². The van der Waals surface area contributed by atoms with Crippen molar-refractivity contribution in [2.45, 2.75) is 101 Å². The first-order valence-electron chi connectivity index (χ1n) is 12.2. The summed E-state index contributed by atoms with van der Waals surface area (Å²) in [5.41, 5.74) is 0. The van der Waals surface area contributed by atoms with E-state index in [2.05, 4.69) is 56.6 Å². The lowest BCUT2D eigenvalue weighted by atomic mass is 9.99. The molecule has 0 amide bonds. The maximum Gasteiger partial charge on any atom is 0.190 e. The first kappa shape index (κ1) is 38.8. The molecule has 0 aliphatic carbocycles. The zero-order chi connectivity index (χ0) is 31.4. The first-order chi connectivity index (χ1) is 19.3. The zero-order valence-corrected chi connectivity index (χ0v) is 26.9. The monoisotopic (exact) mass is 676 g/mol. The summed E-state index contributed by atoms with van der Waals surface area (Å²) in [7, 11) is 0.917. The number of hydrogen-bond donors (Lipinski definition) is 4. The maximum atomic E-state index is 9.59. The van der Waals surface area contributed by atoms with E-state index in [1.165, 1.54) is 0 Å². The van der Waals surface area contributed by atoms with Crippen LogP contribution in [0.4, 0.5) is 0 Å². The Morgan fingerprint density at radius 1 is 0.854 bits per heavy atom. The van der Waals surface area contributed by atoms with E-state index >= 15 is 0 Å². The van der Waals surface area contributed by atoms with Crippen LogP contribution in [0.2, 0.25) is 0 Å². The number of terminal acetylenes is 2. The molecule has 12 nitrogen and oxygen atoms in total. The van der Waals surface area contributed by atoms with Crippen molar-refractivity contribution in [1.29, 1.82) is 0 Å². The highest BCUT2D eigenvalue weighted by atomic mass is 33.1. The lowest BCUT2D eigenvalue weighted by molar-refractivity contribution is -0.292. The fourth-order valence-electron chi connectivity index (χ4n) is 4.42. The fourth-order valence-corrected chi connectivity index (χ4v) is 4.42. The molecule has 4 fully saturated rings. The standard InChI is InChI=1S/C15H22O6.C9H14O6.S3.S2/c1-6-7-16-11-10(9-8-17-14(2,3)19-9)18-13-12(11)20-15(4,5)21-13;1-2-3-14-8-6(11)5(4-10)15-9(13)7(8)12;1-3-2;1-2/h1,9-13H,7-8H2,2-5H3;1,5-13H,3-4H2;;/t9-,10-,11+,12+,13-;;;/m1.../s1. The minimum Gasteiger partial charge on any atom is -0.394 e. The van der Waals surface area contributed by atoms with Gasteiger partial charge in [0.15, 0.2) is 24.2 Å². The lowest BCUT2D eigenvalue weighted by Gasteiger charge is -2.39. The molecule has 17 heteroatoms. The molecule has 41 heavy (non-hydrogen) atoms. The van der Waals surface area contributed by atoms with Crippen molar-refractivity contribution in [2.24, 2.45) is 0 Å². The average Bonchev–Trinajstić information content (AvgIpc) is 3.55. The van der Waals surface area contributed by atoms with E-state index in [-0.39, 0.29) is 37.6 Å². The van der Waals surface area contributed by atoms with Gasteiger partial charge in [0.2, 0.25) is 0 Å². The zero-order valence-electron chi connectivity index (χ0n) is 22.9. The van der Waals surface area contributed by atoms with E-state index in [0.717, 1.165) is 8.88 Å². The lowest BCUT2D eigenvalue weighted by Crippen LogP contribution is -2.59. The molecular formula is C24H36O12S5. The Balaban J connectivity index is 0.000000370. The predicted molar refractivity (Wildman–Crippen MR) is 158 cm³/mol. The normalized spacial score (nSPS) is 37.8. The minimum absolute atomic E-state index is 0.107. The van der Waals surface area contributed by atoms with E-state index in [9.17, 15) is 15.3 Å². The molecule has 0 aromatic heterocycles. The first-order valence-corrected chi connectivity index (χ1v) is 16.2. The summed E-state index contributed by atoms with van der Waals surface area (Å²) in [4.78, 5) is 0. The molecule has 5 unspecified atom stereocenters. The van der Waals surface area contributed by atoms with Gasteiger partial charge in [-0.05, 0) is 27.7 Å². The van der Waals surface area contributed by atoms with E-state index in [1.54, 1.807) is 0 Å². The second-order valence-electron chi connectivity index (χ2n) is 9.69. The number of fused-ring (bicyclic) bond motifs is 1. The van der Waals surface area contributed by atoms with Gasteiger partial charge in [-0.3, -0.25) is 0 Å². The van der Waals surface area contributed by atoms with Crippen LogP contribution in [0.3, 0.4) is 0 Å². The number of aliphatic hydroxyl groups is 4. The summed E-state index contributed by atoms with van der Waals surface area (Å²) in [5, 5.41) is 37.1. The molecule has 0 aromatic rings. The summed E-state index contributed by atoms with van der Waals surface area (Å²) >= 11 is 15.6. The Hall–Kier alpha value is -0.260. The molecule has 4 heterocycles. The van der Waals surface area contributed by atoms with Crippen molar-refractivity contribution in [3.63, 3.8) is 0 Å². The van der Waals surface area contributed by atoms with E-state index < -0.39 is 55.2 Å². The molecule has 4 aliphatic rings. The largest absolute Gasteiger partial charge is 0.394 e. The van der Waals surface area contributed by atoms with Gasteiger partial charge < -0.3 is 58.3 Å². The molecule has 4 rings (SSSR count). The van der Waals surface area contributed by atoms with Gasteiger partial charge in [0.25, 0.3) is 0 Å². The van der Waals surface area contributed by atoms with Gasteiger partial charge in [-0.25, -0.2) is 0 Å². The van der Waals surface area contributed by atoms with Crippen molar-refractivity contribution in [1.82, 2.24) is 0 Å². The number of aliphatic hydroxyl groups excluding tert-OH is 4. The van der Waals surface area contributed by atoms with Crippen LogP contribution in [0.25, 0.3) is 0 Å². The van der Waals surface area contributed by atoms with Gasteiger partial charge in [-0.1, -0.05) is 11.8 Å². The van der Waals surface area contributed by atoms with Crippen molar-refractivity contribution in [3.8, 4) is 24.7 Å². The summed E-state index contributed by atoms with van der Waals surface area (Å²) in [6, 6.07) is 0. The second kappa shape index (κ2) is 18.5. The van der Waals surface area contributed by atoms with Gasteiger partial charge in [0.05, 0.1) is 13.2 Å². The van der Waals surface area contributed by atoms with Crippen LogP contribution in [0, 0.1) is 24.7 Å². The molecule has 10 atom stereocenters. The predicted octanol–water partition coefficient (Wildman–Crippen LogP) is -1.54. The van der Waals surface area contributed by atoms with Crippen LogP contribution in [0.15, 0.2) is 0 Å². The Morgan fingerprint density at radius 2 is 1.41 bits per heavy atom. The van der Waals surface area contributed by atoms with Crippen molar-refractivity contribution < 1.29 is 58.3 Å². The van der Waals surface area contributed by atoms with E-state index in [1.807, 2.05) is 27.7 Å². The molecule has 4 saturated heterocycles. The molecule has 0 bridgehead atoms. The highest BCUT2D eigenvalue weighted by molar-refractivity contribution is 8.37. The van der Waals surface area contributed by atoms with Crippen LogP contribution >= 0.6 is 0 Å². The van der Waals surface area contributed by atoms with Crippen LogP contribution < -0.4 is 0 Å². The molecule has 234 valence electrons. The highest BCUT2D eigenvalue weighted by Crippen LogP contribution is 2.41. The van der Waals surface area contributed by atoms with Crippen molar-refractivity contribution >= 4 is 53.6 Å². The smallest absolute Gasteiger partial charge is 0.190 e. The molecule has 4 aliphatic heterocycles. The molecule has 0 aromatic carbocycles. The second-order valence-corrected chi connectivity index (χ2v) is 11.5. The maximum absolute atomic E-state index is 9.59. The van der Waals surface area contributed by atoms with Gasteiger partial charge in [0.1, 0.15) is 62.0 Å². The van der Waals surface area contributed by atoms with Gasteiger partial charge in [-0.15, -0.1) is 12.8 Å². The average molecular weight is 677 g/mol. The SMILES string of the molecule is C#CCOC1C(O)C(O)OC(CO)C1O.C#CCO[C@@H]1[C@@H]2OC(C)(C)O[C@H]2O[C@@H]1[C@H]1COC(C)(C)O1.S=S.S=S=S. The third-order valence-corrected chi connectivity index (χ3v) is 5.98. The molecular weight excluding hydrogens is 641 g/mol. The van der Waals surface area contributed by atoms with Crippen LogP contribution in [0.5, 0.6) is 0 Å². The molecule has 4 N–H and O–H groups in total. The van der Waals surface area contributed by atoms with E-state index in [4.69, 9.17) is 55.8 Å². The molecule has 0 saturated carbocycles. The number of hydrogen-bond acceptors (Lipinski definition) is 16. The van der Waals surface area contributed by atoms with Gasteiger partial charge in [-0.2, -0.15) is 0 Å². The highest BCUT2D eigenvalue weighted by Gasteiger charge is 2.58. The minimum atomic E-state index is -1.51. The number of rotatable bonds is 6. The molecule has 0 radical (unpaired) electrons.